The molecule has 42 heavy (non-hydrogen) atoms. The summed E-state index contributed by atoms with van der Waals surface area (Å²) in [4.78, 5) is 29.2. The first kappa shape index (κ1) is 34.4. The fourth-order valence-corrected chi connectivity index (χ4v) is 4.06. The molecule has 2 amide bonds. The van der Waals surface area contributed by atoms with Crippen LogP contribution in [0.5, 0.6) is 11.5 Å². The quantitative estimate of drug-likeness (QED) is 0.150. The molecule has 1 aromatic heterocycles. The number of ether oxygens (including phenoxy) is 2. The number of carbonyl (C=O) groups excluding carboxylic acids is 2. The van der Waals surface area contributed by atoms with Gasteiger partial charge in [-0.15, -0.1) is 0 Å². The second-order valence-electron chi connectivity index (χ2n) is 10.2. The number of ketones is 1. The van der Waals surface area contributed by atoms with Gasteiger partial charge in [0.05, 0.1) is 31.0 Å². The van der Waals surface area contributed by atoms with Crippen molar-refractivity contribution in [3.8, 4) is 11.5 Å². The maximum absolute atomic E-state index is 14.8. The number of urea groups is 1. The van der Waals surface area contributed by atoms with Gasteiger partial charge in [-0.05, 0) is 75.9 Å². The largest absolute Gasteiger partial charge is 0.495 e. The molecule has 0 saturated carbocycles. The molecule has 2 aromatic rings. The van der Waals surface area contributed by atoms with E-state index in [4.69, 9.17) is 9.47 Å². The molecule has 0 aliphatic heterocycles. The van der Waals surface area contributed by atoms with E-state index in [0.29, 0.717) is 5.75 Å². The number of nitrogens with one attached hydrogen (secondary N) is 2. The molecular weight excluding hydrogens is 568 g/mol. The minimum Gasteiger partial charge on any atom is -0.495 e. The van der Waals surface area contributed by atoms with Gasteiger partial charge in [-0.1, -0.05) is 12.1 Å². The molecule has 0 aliphatic rings. The number of methoxy groups -OCH3 is 1. The number of rotatable bonds is 13. The summed E-state index contributed by atoms with van der Waals surface area (Å²) in [5.41, 5.74) is -2.71. The summed E-state index contributed by atoms with van der Waals surface area (Å²) in [5.74, 6) is -0.0938. The Kier molecular flexibility index (Phi) is 11.8. The smallest absolute Gasteiger partial charge is 0.398 e. The molecule has 2 N–H and O–H groups in total. The number of Topliss-reactive ketones (excluding diaryl/α,β-unsaturated/α-hetero) is 1. The first-order chi connectivity index (χ1) is 19.5. The van der Waals surface area contributed by atoms with Gasteiger partial charge in [-0.2, -0.15) is 26.3 Å². The maximum Gasteiger partial charge on any atom is 0.398 e. The molecule has 1 aromatic carbocycles. The van der Waals surface area contributed by atoms with Gasteiger partial charge in [0.1, 0.15) is 11.5 Å². The fraction of sp³-hybridized carbons (Fsp3) is 0.483. The second-order valence-corrected chi connectivity index (χ2v) is 10.2. The van der Waals surface area contributed by atoms with E-state index < -0.39 is 42.4 Å². The monoisotopic (exact) mass is 603 g/mol. The van der Waals surface area contributed by atoms with Crippen LogP contribution < -0.4 is 20.1 Å². The number of allylic oxidation sites excluding steroid dienone is 1. The average Bonchev–Trinajstić information content (AvgIpc) is 2.89. The normalized spacial score (nSPS) is 14.1. The lowest BCUT2D eigenvalue weighted by Crippen LogP contribution is -2.42. The number of hydrogen-bond donors (Lipinski definition) is 2. The van der Waals surface area contributed by atoms with Crippen molar-refractivity contribution in [3.63, 3.8) is 0 Å². The summed E-state index contributed by atoms with van der Waals surface area (Å²) < 4.78 is 91.9. The predicted octanol–water partition coefficient (Wildman–Crippen LogP) is 6.77. The highest BCUT2D eigenvalue weighted by atomic mass is 19.4. The van der Waals surface area contributed by atoms with Gasteiger partial charge in [-0.25, -0.2) is 4.79 Å². The number of pyridine rings is 1. The summed E-state index contributed by atoms with van der Waals surface area (Å²) in [6.45, 7) is 5.01. The van der Waals surface area contributed by atoms with Gasteiger partial charge in [0, 0.05) is 24.6 Å². The first-order valence-corrected chi connectivity index (χ1v) is 13.1. The third-order valence-electron chi connectivity index (χ3n) is 6.44. The highest BCUT2D eigenvalue weighted by Gasteiger charge is 2.53. The van der Waals surface area contributed by atoms with Crippen LogP contribution in [0.2, 0.25) is 0 Å². The van der Waals surface area contributed by atoms with Gasteiger partial charge < -0.3 is 20.1 Å². The second kappa shape index (κ2) is 14.4. The van der Waals surface area contributed by atoms with Gasteiger partial charge >= 0.3 is 18.4 Å². The van der Waals surface area contributed by atoms with Gasteiger partial charge in [0.25, 0.3) is 0 Å². The highest BCUT2D eigenvalue weighted by molar-refractivity contribution is 6.02. The zero-order chi connectivity index (χ0) is 31.7. The van der Waals surface area contributed by atoms with Crippen molar-refractivity contribution >= 4 is 17.4 Å². The number of carbonyl (C=O) groups is 2. The Bertz CT molecular complexity index is 1230. The lowest BCUT2D eigenvalue weighted by Gasteiger charge is -2.34. The van der Waals surface area contributed by atoms with Crippen molar-refractivity contribution < 1.29 is 45.4 Å². The summed E-state index contributed by atoms with van der Waals surface area (Å²) in [7, 11) is 1.40. The molecule has 13 heteroatoms. The Morgan fingerprint density at radius 1 is 0.976 bits per heavy atom. The number of nitrogens with zero attached hydrogens (tertiary/aromatic N) is 1. The van der Waals surface area contributed by atoms with Crippen LogP contribution in [-0.2, 0) is 10.2 Å². The van der Waals surface area contributed by atoms with Gasteiger partial charge in [0.15, 0.2) is 5.78 Å². The van der Waals surface area contributed by atoms with Crippen LogP contribution in [0, 0.1) is 0 Å². The zero-order valence-electron chi connectivity index (χ0n) is 24.0. The van der Waals surface area contributed by atoms with Gasteiger partial charge in [-0.3, -0.25) is 9.78 Å². The third kappa shape index (κ3) is 9.95. The van der Waals surface area contributed by atoms with Gasteiger partial charge in [0.2, 0.25) is 0 Å². The molecule has 0 bridgehead atoms. The molecule has 0 spiro atoms. The van der Waals surface area contributed by atoms with E-state index in [9.17, 15) is 35.9 Å². The van der Waals surface area contributed by atoms with Crippen molar-refractivity contribution in [2.75, 3.05) is 20.3 Å². The van der Waals surface area contributed by atoms with Crippen LogP contribution in [0.4, 0.5) is 31.1 Å². The Labute approximate surface area is 240 Å². The summed E-state index contributed by atoms with van der Waals surface area (Å²) in [6, 6.07) is 6.99. The molecule has 0 saturated heterocycles. The molecule has 0 fully saturated rings. The number of halogens is 6. The number of hydrogen-bond acceptors (Lipinski definition) is 5. The van der Waals surface area contributed by atoms with Crippen molar-refractivity contribution in [2.45, 2.75) is 70.8 Å². The molecule has 7 nitrogen and oxygen atoms in total. The first-order valence-electron chi connectivity index (χ1n) is 13.1. The van der Waals surface area contributed by atoms with Crippen molar-refractivity contribution in [1.82, 2.24) is 15.6 Å². The Morgan fingerprint density at radius 2 is 1.60 bits per heavy atom. The topological polar surface area (TPSA) is 89.5 Å². The SMILES string of the molecule is COc1ccc(/C(C[C@](C)(c2ccc(OCCCC(F)(F)F)cc2)C(F)(F)F)=C(\CNC(=O)NC(C)C)C(C)=O)nc1. The van der Waals surface area contributed by atoms with Crippen molar-refractivity contribution in [3.05, 3.63) is 59.4 Å². The zero-order valence-corrected chi connectivity index (χ0v) is 24.0. The number of aromatic nitrogens is 1. The summed E-state index contributed by atoms with van der Waals surface area (Å²) in [5, 5.41) is 5.12. The average molecular weight is 604 g/mol. The minimum absolute atomic E-state index is 0.0256. The molecule has 0 aliphatic carbocycles. The third-order valence-corrected chi connectivity index (χ3v) is 6.44. The Hall–Kier alpha value is -3.77. The standard InChI is InChI=1S/C29H35F6N3O4/c1-18(2)38-26(40)37-17-24(19(3)39)23(25-12-11-22(41-5)16-36-25)15-27(4,29(33,34)35)20-7-9-21(10-8-20)42-14-6-13-28(30,31)32/h7-12,16,18H,6,13-15,17H2,1-5H3,(H2,37,38,40)/b24-23+/t27-/m1/s1. The lowest BCUT2D eigenvalue weighted by molar-refractivity contribution is -0.184. The van der Waals surface area contributed by atoms with E-state index in [-0.39, 0.29) is 53.8 Å². The molecule has 1 heterocycles. The summed E-state index contributed by atoms with van der Waals surface area (Å²) in [6.07, 6.45) is -9.90. The van der Waals surface area contributed by atoms with E-state index in [1.807, 2.05) is 0 Å². The molecule has 2 rings (SSSR count). The molecule has 0 unspecified atom stereocenters. The Morgan fingerprint density at radius 3 is 2.07 bits per heavy atom. The minimum atomic E-state index is -4.82. The predicted molar refractivity (Wildman–Crippen MR) is 145 cm³/mol. The Balaban J connectivity index is 2.52. The lowest BCUT2D eigenvalue weighted by atomic mass is 9.74. The number of alkyl halides is 6. The van der Waals surface area contributed by atoms with Crippen molar-refractivity contribution in [2.24, 2.45) is 0 Å². The van der Waals surface area contributed by atoms with Crippen LogP contribution in [0.1, 0.15) is 58.2 Å². The van der Waals surface area contributed by atoms with Crippen LogP contribution in [-0.4, -0.2) is 55.5 Å². The molecule has 1 atom stereocenters. The van der Waals surface area contributed by atoms with E-state index in [0.717, 1.165) is 6.92 Å². The number of benzene rings is 1. The summed E-state index contributed by atoms with van der Waals surface area (Å²) >= 11 is 0. The molecular formula is C29H35F6N3O4. The van der Waals surface area contributed by atoms with Crippen LogP contribution >= 0.6 is 0 Å². The van der Waals surface area contributed by atoms with Crippen LogP contribution in [0.3, 0.4) is 0 Å². The van der Waals surface area contributed by atoms with E-state index in [1.165, 1.54) is 56.6 Å². The van der Waals surface area contributed by atoms with Crippen LogP contribution in [0.25, 0.3) is 5.57 Å². The van der Waals surface area contributed by atoms with Crippen LogP contribution in [0.15, 0.2) is 48.2 Å². The van der Waals surface area contributed by atoms with E-state index >= 15 is 0 Å². The fourth-order valence-electron chi connectivity index (χ4n) is 4.06. The van der Waals surface area contributed by atoms with Crippen molar-refractivity contribution in [1.29, 1.82) is 0 Å². The molecule has 0 radical (unpaired) electrons. The highest BCUT2D eigenvalue weighted by Crippen LogP contribution is 2.47. The number of amides is 2. The maximum atomic E-state index is 14.8. The molecule has 232 valence electrons. The van der Waals surface area contributed by atoms with E-state index in [2.05, 4.69) is 15.6 Å². The van der Waals surface area contributed by atoms with E-state index in [1.54, 1.807) is 13.8 Å².